The summed E-state index contributed by atoms with van der Waals surface area (Å²) in [6.07, 6.45) is 19.5. The largest absolute Gasteiger partial charge is 0.0842 e. The van der Waals surface area contributed by atoms with Gasteiger partial charge in [-0.05, 0) is 18.9 Å². The van der Waals surface area contributed by atoms with Crippen LogP contribution in [0.2, 0.25) is 0 Å². The van der Waals surface area contributed by atoms with Gasteiger partial charge in [-0.25, -0.2) is 0 Å². The van der Waals surface area contributed by atoms with Crippen molar-refractivity contribution < 1.29 is 0 Å². The summed E-state index contributed by atoms with van der Waals surface area (Å²) >= 11 is 0. The average Bonchev–Trinajstić information content (AvgIpc) is 2.01. The summed E-state index contributed by atoms with van der Waals surface area (Å²) in [4.78, 5) is 0. The molecule has 0 aromatic carbocycles. The number of allylic oxidation sites excluding steroid dienone is 8. The summed E-state index contributed by atoms with van der Waals surface area (Å²) in [7, 11) is 0. The standard InChI is InChI=1S/C10H11/c1-2-4-6-8-10-9-7-5-3-1/h1-5,9-10H,6,8H2/b3-1-,4-2-,7-5?,10-9-. The molecule has 0 bridgehead atoms. The third kappa shape index (κ3) is 3.08. The van der Waals surface area contributed by atoms with E-state index in [1.165, 1.54) is 0 Å². The molecule has 0 aromatic heterocycles. The maximum atomic E-state index is 3.03. The molecule has 0 heterocycles. The summed E-state index contributed by atoms with van der Waals surface area (Å²) in [5.74, 6) is 0. The van der Waals surface area contributed by atoms with Crippen molar-refractivity contribution in [1.82, 2.24) is 0 Å². The molecule has 0 amide bonds. The molecule has 1 aliphatic rings. The van der Waals surface area contributed by atoms with E-state index >= 15 is 0 Å². The fourth-order valence-electron chi connectivity index (χ4n) is 0.749. The molecule has 51 valence electrons. The molecule has 0 atom stereocenters. The average molecular weight is 131 g/mol. The van der Waals surface area contributed by atoms with Crippen molar-refractivity contribution in [3.05, 3.63) is 48.6 Å². The first-order chi connectivity index (χ1) is 5.00. The van der Waals surface area contributed by atoms with Crippen LogP contribution in [0.4, 0.5) is 0 Å². The molecule has 0 saturated heterocycles. The van der Waals surface area contributed by atoms with E-state index in [2.05, 4.69) is 24.3 Å². The van der Waals surface area contributed by atoms with Crippen LogP contribution in [0.25, 0.3) is 0 Å². The highest BCUT2D eigenvalue weighted by atomic mass is 13.8. The van der Waals surface area contributed by atoms with E-state index in [-0.39, 0.29) is 0 Å². The fourth-order valence-corrected chi connectivity index (χ4v) is 0.749. The smallest absolute Gasteiger partial charge is 0.0187 e. The van der Waals surface area contributed by atoms with Gasteiger partial charge in [-0.2, -0.15) is 0 Å². The molecule has 1 aliphatic carbocycles. The third-order valence-corrected chi connectivity index (χ3v) is 1.26. The molecule has 1 rings (SSSR count). The lowest BCUT2D eigenvalue weighted by Gasteiger charge is -1.85. The minimum Gasteiger partial charge on any atom is -0.0842 e. The quantitative estimate of drug-likeness (QED) is 0.474. The second-order valence-corrected chi connectivity index (χ2v) is 2.13. The van der Waals surface area contributed by atoms with E-state index < -0.39 is 0 Å². The van der Waals surface area contributed by atoms with Gasteiger partial charge in [0.05, 0.1) is 0 Å². The molecule has 1 radical (unpaired) electrons. The Hall–Kier alpha value is -1.04. The molecule has 0 fully saturated rings. The van der Waals surface area contributed by atoms with Gasteiger partial charge in [-0.15, -0.1) is 0 Å². The van der Waals surface area contributed by atoms with Gasteiger partial charge in [0, 0.05) is 0 Å². The van der Waals surface area contributed by atoms with Crippen molar-refractivity contribution in [3.8, 4) is 0 Å². The first-order valence-corrected chi connectivity index (χ1v) is 3.56. The first kappa shape index (κ1) is 7.07. The second kappa shape index (κ2) is 4.80. The van der Waals surface area contributed by atoms with Crippen LogP contribution in [0.5, 0.6) is 0 Å². The molecule has 0 saturated carbocycles. The van der Waals surface area contributed by atoms with Gasteiger partial charge < -0.3 is 0 Å². The highest BCUT2D eigenvalue weighted by molar-refractivity contribution is 5.13. The minimum absolute atomic E-state index is 1.12. The summed E-state index contributed by atoms with van der Waals surface area (Å²) in [6, 6.07) is 0. The Balaban J connectivity index is 2.53. The minimum atomic E-state index is 1.12. The van der Waals surface area contributed by atoms with E-state index in [0.717, 1.165) is 12.8 Å². The van der Waals surface area contributed by atoms with Crippen LogP contribution in [0.15, 0.2) is 42.5 Å². The van der Waals surface area contributed by atoms with E-state index in [9.17, 15) is 0 Å². The van der Waals surface area contributed by atoms with Crippen LogP contribution < -0.4 is 0 Å². The van der Waals surface area contributed by atoms with Crippen molar-refractivity contribution in [3.63, 3.8) is 0 Å². The Morgan fingerprint density at radius 2 is 1.80 bits per heavy atom. The normalized spacial score (nSPS) is 30.4. The molecule has 0 spiro atoms. The Morgan fingerprint density at radius 1 is 0.900 bits per heavy atom. The zero-order valence-corrected chi connectivity index (χ0v) is 5.96. The zero-order valence-electron chi connectivity index (χ0n) is 5.96. The van der Waals surface area contributed by atoms with Crippen LogP contribution in [-0.4, -0.2) is 0 Å². The molecule has 0 nitrogen and oxygen atoms in total. The molecule has 0 unspecified atom stereocenters. The predicted molar refractivity (Wildman–Crippen MR) is 44.5 cm³/mol. The third-order valence-electron chi connectivity index (χ3n) is 1.26. The van der Waals surface area contributed by atoms with Crippen molar-refractivity contribution in [2.45, 2.75) is 12.8 Å². The summed E-state index contributed by atoms with van der Waals surface area (Å²) in [5, 5.41) is 0. The molecule has 0 aliphatic heterocycles. The lowest BCUT2D eigenvalue weighted by molar-refractivity contribution is 1.05. The first-order valence-electron chi connectivity index (χ1n) is 3.56. The molecule has 10 heavy (non-hydrogen) atoms. The van der Waals surface area contributed by atoms with Crippen LogP contribution in [0, 0.1) is 6.08 Å². The van der Waals surface area contributed by atoms with Gasteiger partial charge in [0.1, 0.15) is 0 Å². The van der Waals surface area contributed by atoms with Crippen molar-refractivity contribution in [2.75, 3.05) is 0 Å². The van der Waals surface area contributed by atoms with Crippen molar-refractivity contribution in [1.29, 1.82) is 0 Å². The van der Waals surface area contributed by atoms with Gasteiger partial charge in [0.25, 0.3) is 0 Å². The van der Waals surface area contributed by atoms with Crippen LogP contribution in [0.1, 0.15) is 12.8 Å². The Morgan fingerprint density at radius 3 is 2.80 bits per heavy atom. The number of rotatable bonds is 0. The highest BCUT2D eigenvalue weighted by Gasteiger charge is 1.75. The molecule has 0 N–H and O–H groups in total. The van der Waals surface area contributed by atoms with E-state index in [1.54, 1.807) is 0 Å². The van der Waals surface area contributed by atoms with Gasteiger partial charge in [0.2, 0.25) is 0 Å². The van der Waals surface area contributed by atoms with Crippen LogP contribution in [0.3, 0.4) is 0 Å². The topological polar surface area (TPSA) is 0 Å². The Bertz CT molecular complexity index is 158. The van der Waals surface area contributed by atoms with E-state index in [1.807, 2.05) is 24.3 Å². The molecule has 0 aromatic rings. The molecule has 0 heteroatoms. The van der Waals surface area contributed by atoms with Crippen molar-refractivity contribution in [2.24, 2.45) is 0 Å². The summed E-state index contributed by atoms with van der Waals surface area (Å²) in [5.41, 5.74) is 0. The van der Waals surface area contributed by atoms with Gasteiger partial charge in [0.15, 0.2) is 0 Å². The second-order valence-electron chi connectivity index (χ2n) is 2.13. The van der Waals surface area contributed by atoms with Gasteiger partial charge in [-0.1, -0.05) is 42.5 Å². The highest BCUT2D eigenvalue weighted by Crippen LogP contribution is 1.95. The summed E-state index contributed by atoms with van der Waals surface area (Å²) in [6.45, 7) is 0. The monoisotopic (exact) mass is 131 g/mol. The predicted octanol–water partition coefficient (Wildman–Crippen LogP) is 2.81. The fraction of sp³-hybridized carbons (Fsp3) is 0.200. The maximum absolute atomic E-state index is 3.03. The van der Waals surface area contributed by atoms with E-state index in [4.69, 9.17) is 0 Å². The zero-order chi connectivity index (χ0) is 7.07. The summed E-state index contributed by atoms with van der Waals surface area (Å²) < 4.78 is 0. The SMILES string of the molecule is [C]1=C\C=C/C=C\CC\C=C/1. The molecular weight excluding hydrogens is 120 g/mol. The number of hydrogen-bond acceptors (Lipinski definition) is 0. The lowest BCUT2D eigenvalue weighted by Crippen LogP contribution is -1.65. The van der Waals surface area contributed by atoms with Gasteiger partial charge in [-0.3, -0.25) is 0 Å². The van der Waals surface area contributed by atoms with Crippen LogP contribution in [-0.2, 0) is 0 Å². The van der Waals surface area contributed by atoms with Crippen LogP contribution >= 0.6 is 0 Å². The Kier molecular flexibility index (Phi) is 3.40. The van der Waals surface area contributed by atoms with Gasteiger partial charge >= 0.3 is 0 Å². The molecular formula is C10H11. The lowest BCUT2D eigenvalue weighted by atomic mass is 10.2. The number of hydrogen-bond donors (Lipinski definition) is 0. The van der Waals surface area contributed by atoms with E-state index in [0.29, 0.717) is 0 Å². The maximum Gasteiger partial charge on any atom is -0.0187 e. The van der Waals surface area contributed by atoms with Crippen molar-refractivity contribution >= 4 is 0 Å². The Labute approximate surface area is 62.3 Å².